The van der Waals surface area contributed by atoms with Crippen LogP contribution < -0.4 is 10.3 Å². The molecule has 0 saturated carbocycles. The van der Waals surface area contributed by atoms with Crippen molar-refractivity contribution in [3.05, 3.63) is 62.6 Å². The van der Waals surface area contributed by atoms with Gasteiger partial charge in [0, 0.05) is 13.3 Å². The lowest BCUT2D eigenvalue weighted by Crippen LogP contribution is -2.22. The number of aryl methyl sites for hydroxylation is 1. The normalized spacial score (nSPS) is 10.2. The Hall–Kier alpha value is -3.01. The van der Waals surface area contributed by atoms with Crippen molar-refractivity contribution < 1.29 is 14.3 Å². The summed E-state index contributed by atoms with van der Waals surface area (Å²) < 4.78 is 12.9. The summed E-state index contributed by atoms with van der Waals surface area (Å²) in [6.45, 7) is 3.66. The van der Waals surface area contributed by atoms with Crippen molar-refractivity contribution in [2.75, 3.05) is 11.9 Å². The standard InChI is InChI=1S/C16H15FN4O2/c1-10-14(9-18)16(20-11(2)15(10)21(22)23)19-8-7-12-3-5-13(17)6-4-12/h3-6H,7-8H2,1-2H3,(H,19,20)/p+1. The third-order valence-electron chi connectivity index (χ3n) is 3.57. The summed E-state index contributed by atoms with van der Waals surface area (Å²) in [6, 6.07) is 8.16. The quantitative estimate of drug-likeness (QED) is 0.678. The fraction of sp³-hybridized carbons (Fsp3) is 0.250. The van der Waals surface area contributed by atoms with Gasteiger partial charge in [0.05, 0.1) is 17.0 Å². The Morgan fingerprint density at radius 1 is 1.35 bits per heavy atom. The zero-order valence-corrected chi connectivity index (χ0v) is 12.8. The van der Waals surface area contributed by atoms with E-state index in [2.05, 4.69) is 10.3 Å². The van der Waals surface area contributed by atoms with E-state index in [1.807, 2.05) is 6.07 Å². The fourth-order valence-electron chi connectivity index (χ4n) is 2.43. The zero-order chi connectivity index (χ0) is 17.0. The smallest absolute Gasteiger partial charge is 0.273 e. The number of anilines is 1. The monoisotopic (exact) mass is 315 g/mol. The second kappa shape index (κ2) is 6.83. The predicted molar refractivity (Wildman–Crippen MR) is 82.4 cm³/mol. The van der Waals surface area contributed by atoms with Gasteiger partial charge in [0.2, 0.25) is 0 Å². The molecule has 0 bridgehead atoms. The average Bonchev–Trinajstić information content (AvgIpc) is 2.49. The second-order valence-corrected chi connectivity index (χ2v) is 5.15. The number of rotatable bonds is 5. The molecule has 1 heterocycles. The lowest BCUT2D eigenvalue weighted by Gasteiger charge is -2.06. The van der Waals surface area contributed by atoms with Gasteiger partial charge in [0.25, 0.3) is 5.82 Å². The Morgan fingerprint density at radius 2 is 2.00 bits per heavy atom. The maximum atomic E-state index is 12.9. The van der Waals surface area contributed by atoms with Gasteiger partial charge >= 0.3 is 5.69 Å². The van der Waals surface area contributed by atoms with Crippen molar-refractivity contribution in [3.8, 4) is 6.07 Å². The number of aromatic amines is 1. The molecule has 1 aromatic carbocycles. The van der Waals surface area contributed by atoms with Gasteiger partial charge in [0.15, 0.2) is 11.3 Å². The van der Waals surface area contributed by atoms with E-state index in [0.29, 0.717) is 30.0 Å². The first kappa shape index (κ1) is 16.4. The maximum Gasteiger partial charge on any atom is 0.315 e. The molecule has 0 aliphatic heterocycles. The fourth-order valence-corrected chi connectivity index (χ4v) is 2.43. The number of hydrogen-bond donors (Lipinski definition) is 1. The van der Waals surface area contributed by atoms with E-state index in [4.69, 9.17) is 0 Å². The van der Waals surface area contributed by atoms with Crippen LogP contribution in [0.2, 0.25) is 0 Å². The number of H-pyrrole nitrogens is 1. The molecule has 2 aromatic rings. The van der Waals surface area contributed by atoms with E-state index in [1.54, 1.807) is 26.0 Å². The van der Waals surface area contributed by atoms with Crippen molar-refractivity contribution in [1.82, 2.24) is 0 Å². The van der Waals surface area contributed by atoms with Gasteiger partial charge in [-0.15, -0.1) is 0 Å². The molecule has 0 radical (unpaired) electrons. The van der Waals surface area contributed by atoms with Crippen LogP contribution in [-0.2, 0) is 6.42 Å². The molecule has 23 heavy (non-hydrogen) atoms. The highest BCUT2D eigenvalue weighted by Gasteiger charge is 2.26. The van der Waals surface area contributed by atoms with Crippen molar-refractivity contribution in [2.24, 2.45) is 0 Å². The minimum absolute atomic E-state index is 0.0781. The van der Waals surface area contributed by atoms with Crippen LogP contribution in [0.4, 0.5) is 15.9 Å². The van der Waals surface area contributed by atoms with Gasteiger partial charge in [-0.3, -0.25) is 15.4 Å². The van der Waals surface area contributed by atoms with Gasteiger partial charge in [-0.05, 0) is 24.6 Å². The summed E-state index contributed by atoms with van der Waals surface area (Å²) >= 11 is 0. The third-order valence-corrected chi connectivity index (χ3v) is 3.57. The van der Waals surface area contributed by atoms with E-state index in [9.17, 15) is 19.8 Å². The van der Waals surface area contributed by atoms with Gasteiger partial charge in [-0.1, -0.05) is 12.1 Å². The second-order valence-electron chi connectivity index (χ2n) is 5.15. The van der Waals surface area contributed by atoms with Crippen molar-refractivity contribution in [3.63, 3.8) is 0 Å². The summed E-state index contributed by atoms with van der Waals surface area (Å²) in [5.41, 5.74) is 1.81. The third kappa shape index (κ3) is 3.61. The van der Waals surface area contributed by atoms with Gasteiger partial charge in [0.1, 0.15) is 11.9 Å². The molecule has 7 heteroatoms. The molecular formula is C16H16FN4O2+. The minimum atomic E-state index is -0.496. The van der Waals surface area contributed by atoms with Crippen molar-refractivity contribution >= 4 is 11.5 Å². The summed E-state index contributed by atoms with van der Waals surface area (Å²) in [5.74, 6) is 0.165. The van der Waals surface area contributed by atoms with Crippen molar-refractivity contribution in [1.29, 1.82) is 5.26 Å². The highest BCUT2D eigenvalue weighted by molar-refractivity contribution is 5.59. The Kier molecular flexibility index (Phi) is 4.86. The maximum absolute atomic E-state index is 12.9. The molecule has 0 unspecified atom stereocenters. The number of nitriles is 1. The molecule has 2 N–H and O–H groups in total. The van der Waals surface area contributed by atoms with E-state index in [-0.39, 0.29) is 17.1 Å². The van der Waals surface area contributed by atoms with Crippen LogP contribution in [0.3, 0.4) is 0 Å². The molecule has 118 valence electrons. The lowest BCUT2D eigenvalue weighted by atomic mass is 10.1. The number of halogens is 1. The number of nitrogens with one attached hydrogen (secondary N) is 2. The lowest BCUT2D eigenvalue weighted by molar-refractivity contribution is -0.419. The predicted octanol–water partition coefficient (Wildman–Crippen LogP) is 2.69. The van der Waals surface area contributed by atoms with Crippen molar-refractivity contribution in [2.45, 2.75) is 20.3 Å². The van der Waals surface area contributed by atoms with Gasteiger partial charge in [-0.25, -0.2) is 9.37 Å². The number of hydrogen-bond acceptors (Lipinski definition) is 4. The molecule has 0 aliphatic carbocycles. The highest BCUT2D eigenvalue weighted by Crippen LogP contribution is 2.25. The summed E-state index contributed by atoms with van der Waals surface area (Å²) in [5, 5.41) is 23.4. The van der Waals surface area contributed by atoms with E-state index >= 15 is 0 Å². The first-order valence-corrected chi connectivity index (χ1v) is 7.03. The first-order chi connectivity index (χ1) is 10.9. The SMILES string of the molecule is Cc1[nH+]c(NCCc2ccc(F)cc2)c(C#N)c(C)c1[N+](=O)[O-]. The molecule has 0 aliphatic rings. The molecule has 0 spiro atoms. The molecule has 1 aromatic heterocycles. The van der Waals surface area contributed by atoms with Crippen LogP contribution in [0.25, 0.3) is 0 Å². The molecule has 6 nitrogen and oxygen atoms in total. The molecular weight excluding hydrogens is 299 g/mol. The number of aromatic nitrogens is 1. The van der Waals surface area contributed by atoms with E-state index in [1.165, 1.54) is 12.1 Å². The van der Waals surface area contributed by atoms with E-state index < -0.39 is 4.92 Å². The highest BCUT2D eigenvalue weighted by atomic mass is 19.1. The molecule has 0 saturated heterocycles. The van der Waals surface area contributed by atoms with Crippen LogP contribution in [0.1, 0.15) is 22.4 Å². The molecule has 0 amide bonds. The Labute approximate surface area is 132 Å². The topological polar surface area (TPSA) is 93.1 Å². The summed E-state index contributed by atoms with van der Waals surface area (Å²) in [6.07, 6.45) is 0.633. The Bertz CT molecular complexity index is 782. The summed E-state index contributed by atoms with van der Waals surface area (Å²) in [7, 11) is 0. The Balaban J connectivity index is 2.18. The summed E-state index contributed by atoms with van der Waals surface area (Å²) in [4.78, 5) is 13.5. The molecule has 0 atom stereocenters. The minimum Gasteiger partial charge on any atom is -0.273 e. The number of benzene rings is 1. The molecule has 2 rings (SSSR count). The molecule has 0 fully saturated rings. The average molecular weight is 315 g/mol. The zero-order valence-electron chi connectivity index (χ0n) is 12.8. The largest absolute Gasteiger partial charge is 0.315 e. The number of pyridine rings is 1. The number of nitrogens with zero attached hydrogens (tertiary/aromatic N) is 2. The van der Waals surface area contributed by atoms with Crippen LogP contribution >= 0.6 is 0 Å². The van der Waals surface area contributed by atoms with E-state index in [0.717, 1.165) is 5.56 Å². The van der Waals surface area contributed by atoms with Crippen LogP contribution in [-0.4, -0.2) is 11.5 Å². The Morgan fingerprint density at radius 3 is 2.57 bits per heavy atom. The number of nitro groups is 1. The first-order valence-electron chi connectivity index (χ1n) is 7.03. The van der Waals surface area contributed by atoms with Gasteiger partial charge in [-0.2, -0.15) is 5.26 Å². The van der Waals surface area contributed by atoms with Crippen LogP contribution in [0.5, 0.6) is 0 Å². The van der Waals surface area contributed by atoms with Crippen LogP contribution in [0.15, 0.2) is 24.3 Å². The van der Waals surface area contributed by atoms with Crippen LogP contribution in [0, 0.1) is 41.1 Å². The van der Waals surface area contributed by atoms with Gasteiger partial charge < -0.3 is 0 Å².